The van der Waals surface area contributed by atoms with Gasteiger partial charge in [-0.2, -0.15) is 0 Å². The van der Waals surface area contributed by atoms with E-state index in [0.717, 1.165) is 30.3 Å². The van der Waals surface area contributed by atoms with Crippen molar-refractivity contribution in [2.75, 3.05) is 56.3 Å². The summed E-state index contributed by atoms with van der Waals surface area (Å²) in [5.41, 5.74) is 1.57. The molecule has 1 saturated heterocycles. The van der Waals surface area contributed by atoms with E-state index in [0.29, 0.717) is 44.4 Å². The minimum atomic E-state index is -0.112. The van der Waals surface area contributed by atoms with Crippen molar-refractivity contribution in [3.05, 3.63) is 36.3 Å². The first-order chi connectivity index (χ1) is 14.2. The third kappa shape index (κ3) is 5.88. The molecular weight excluding hydrogens is 374 g/mol. The lowest BCUT2D eigenvalue weighted by Gasteiger charge is -2.31. The fraction of sp³-hybridized carbons (Fsp3) is 0.476. The number of nitrogens with zero attached hydrogens (tertiary/aromatic N) is 1. The summed E-state index contributed by atoms with van der Waals surface area (Å²) in [4.78, 5) is 14.7. The van der Waals surface area contributed by atoms with Crippen LogP contribution in [0.15, 0.2) is 34.9 Å². The second kappa shape index (κ2) is 10.7. The first-order valence-electron chi connectivity index (χ1n) is 10.1. The van der Waals surface area contributed by atoms with Gasteiger partial charge in [0, 0.05) is 25.2 Å². The summed E-state index contributed by atoms with van der Waals surface area (Å²) in [5, 5.41) is 4.84. The van der Waals surface area contributed by atoms with E-state index >= 15 is 0 Å². The molecule has 0 radical (unpaired) electrons. The molecule has 1 fully saturated rings. The van der Waals surface area contributed by atoms with Gasteiger partial charge in [0.05, 0.1) is 44.1 Å². The summed E-state index contributed by atoms with van der Waals surface area (Å²) in [6.07, 6.45) is 1.63. The Balaban J connectivity index is 1.73. The average molecular weight is 404 g/mol. The zero-order valence-corrected chi connectivity index (χ0v) is 17.1. The molecule has 1 aromatic carbocycles. The van der Waals surface area contributed by atoms with Gasteiger partial charge in [-0.05, 0) is 26.0 Å². The number of carbonyl (C=O) groups excluding carboxylic acids is 1. The largest absolute Gasteiger partial charge is 0.492 e. The number of furan rings is 1. The van der Waals surface area contributed by atoms with Crippen LogP contribution in [0.5, 0.6) is 11.5 Å². The molecule has 1 amide bonds. The van der Waals surface area contributed by atoms with E-state index in [1.165, 1.54) is 0 Å². The van der Waals surface area contributed by atoms with Crippen molar-refractivity contribution in [2.45, 2.75) is 20.4 Å². The number of carbonyl (C=O) groups is 1. The first-order valence-corrected chi connectivity index (χ1v) is 10.1. The van der Waals surface area contributed by atoms with Crippen LogP contribution in [-0.4, -0.2) is 52.0 Å². The SMILES string of the molecule is CCOc1cc(N2CCOCC2)c(OCC)cc1NC(=O)C[NH2+]Cc1ccco1. The Bertz CT molecular complexity index is 773. The summed E-state index contributed by atoms with van der Waals surface area (Å²) >= 11 is 0. The number of benzene rings is 1. The molecule has 8 nitrogen and oxygen atoms in total. The molecule has 1 aliphatic rings. The van der Waals surface area contributed by atoms with Gasteiger partial charge >= 0.3 is 0 Å². The topological polar surface area (TPSA) is 89.8 Å². The number of nitrogens with one attached hydrogen (secondary N) is 1. The smallest absolute Gasteiger partial charge is 0.279 e. The van der Waals surface area contributed by atoms with E-state index < -0.39 is 0 Å². The number of hydrogen-bond acceptors (Lipinski definition) is 6. The van der Waals surface area contributed by atoms with E-state index in [9.17, 15) is 4.79 Å². The maximum atomic E-state index is 12.5. The molecule has 0 saturated carbocycles. The molecule has 29 heavy (non-hydrogen) atoms. The Labute approximate surface area is 171 Å². The number of ether oxygens (including phenoxy) is 3. The Kier molecular flexibility index (Phi) is 7.77. The van der Waals surface area contributed by atoms with Crippen LogP contribution in [0.1, 0.15) is 19.6 Å². The van der Waals surface area contributed by atoms with Crippen LogP contribution in [-0.2, 0) is 16.1 Å². The average Bonchev–Trinajstić information content (AvgIpc) is 3.24. The van der Waals surface area contributed by atoms with Crippen LogP contribution in [0.3, 0.4) is 0 Å². The molecule has 0 atom stereocenters. The van der Waals surface area contributed by atoms with Crippen molar-refractivity contribution >= 4 is 17.3 Å². The van der Waals surface area contributed by atoms with Crippen molar-refractivity contribution in [1.82, 2.24) is 0 Å². The molecule has 158 valence electrons. The number of rotatable bonds is 10. The molecule has 2 heterocycles. The maximum absolute atomic E-state index is 12.5. The second-order valence-corrected chi connectivity index (χ2v) is 6.61. The highest BCUT2D eigenvalue weighted by Gasteiger charge is 2.20. The fourth-order valence-corrected chi connectivity index (χ4v) is 3.22. The highest BCUT2D eigenvalue weighted by Crippen LogP contribution is 2.39. The van der Waals surface area contributed by atoms with Crippen molar-refractivity contribution < 1.29 is 28.7 Å². The molecule has 0 unspecified atom stereocenters. The molecule has 0 spiro atoms. The monoisotopic (exact) mass is 404 g/mol. The van der Waals surface area contributed by atoms with Crippen LogP contribution in [0.25, 0.3) is 0 Å². The molecule has 8 heteroatoms. The molecule has 0 aliphatic carbocycles. The van der Waals surface area contributed by atoms with E-state index in [2.05, 4.69) is 10.2 Å². The standard InChI is InChI=1S/C21H29N3O5/c1-3-27-19-13-18(24-7-10-26-11-8-24)20(28-4-2)12-17(19)23-21(25)15-22-14-16-6-5-9-29-16/h5-6,9,12-13,22H,3-4,7-8,10-11,14-15H2,1-2H3,(H,23,25)/p+1. The second-order valence-electron chi connectivity index (χ2n) is 6.61. The molecule has 2 aromatic rings. The van der Waals surface area contributed by atoms with E-state index in [1.54, 1.807) is 6.26 Å². The van der Waals surface area contributed by atoms with Crippen LogP contribution in [0.2, 0.25) is 0 Å². The Hall–Kier alpha value is -2.71. The van der Waals surface area contributed by atoms with Gasteiger partial charge in [0.25, 0.3) is 5.91 Å². The lowest BCUT2D eigenvalue weighted by molar-refractivity contribution is -0.661. The lowest BCUT2D eigenvalue weighted by atomic mass is 10.2. The van der Waals surface area contributed by atoms with Crippen LogP contribution >= 0.6 is 0 Å². The Morgan fingerprint density at radius 3 is 2.62 bits per heavy atom. The summed E-state index contributed by atoms with van der Waals surface area (Å²) in [6, 6.07) is 7.52. The number of hydrogen-bond donors (Lipinski definition) is 2. The normalized spacial score (nSPS) is 13.9. The highest BCUT2D eigenvalue weighted by atomic mass is 16.5. The molecule has 1 aliphatic heterocycles. The van der Waals surface area contributed by atoms with Crippen LogP contribution in [0.4, 0.5) is 11.4 Å². The van der Waals surface area contributed by atoms with Crippen molar-refractivity contribution in [2.24, 2.45) is 0 Å². The van der Waals surface area contributed by atoms with Gasteiger partial charge in [0.15, 0.2) is 12.3 Å². The molecule has 1 aromatic heterocycles. The third-order valence-electron chi connectivity index (χ3n) is 4.54. The van der Waals surface area contributed by atoms with Gasteiger partial charge < -0.3 is 34.2 Å². The van der Waals surface area contributed by atoms with Gasteiger partial charge in [-0.25, -0.2) is 0 Å². The summed E-state index contributed by atoms with van der Waals surface area (Å²) in [6.45, 7) is 8.74. The third-order valence-corrected chi connectivity index (χ3v) is 4.54. The van der Waals surface area contributed by atoms with Gasteiger partial charge in [0.1, 0.15) is 18.0 Å². The van der Waals surface area contributed by atoms with E-state index in [1.807, 2.05) is 43.4 Å². The number of nitrogens with two attached hydrogens (primary N) is 1. The quantitative estimate of drug-likeness (QED) is 0.625. The molecular formula is C21H30N3O5+. The number of amides is 1. The van der Waals surface area contributed by atoms with E-state index in [4.69, 9.17) is 18.6 Å². The van der Waals surface area contributed by atoms with Crippen molar-refractivity contribution in [1.29, 1.82) is 0 Å². The predicted octanol–water partition coefficient (Wildman–Crippen LogP) is 1.62. The maximum Gasteiger partial charge on any atom is 0.279 e. The summed E-state index contributed by atoms with van der Waals surface area (Å²) < 4.78 is 22.4. The fourth-order valence-electron chi connectivity index (χ4n) is 3.22. The first kappa shape index (κ1) is 21.0. The van der Waals surface area contributed by atoms with Gasteiger partial charge in [-0.1, -0.05) is 0 Å². The molecule has 3 N–H and O–H groups in total. The van der Waals surface area contributed by atoms with Gasteiger partial charge in [0.2, 0.25) is 0 Å². The lowest BCUT2D eigenvalue weighted by Crippen LogP contribution is -2.84. The number of morpholine rings is 1. The highest BCUT2D eigenvalue weighted by molar-refractivity contribution is 5.94. The zero-order valence-electron chi connectivity index (χ0n) is 17.1. The van der Waals surface area contributed by atoms with Crippen molar-refractivity contribution in [3.63, 3.8) is 0 Å². The predicted molar refractivity (Wildman–Crippen MR) is 110 cm³/mol. The molecule has 0 bridgehead atoms. The molecule has 3 rings (SSSR count). The summed E-state index contributed by atoms with van der Waals surface area (Å²) in [5.74, 6) is 2.09. The van der Waals surface area contributed by atoms with Crippen LogP contribution in [0, 0.1) is 0 Å². The number of anilines is 2. The van der Waals surface area contributed by atoms with Gasteiger partial charge in [-0.15, -0.1) is 0 Å². The van der Waals surface area contributed by atoms with Crippen molar-refractivity contribution in [3.8, 4) is 11.5 Å². The zero-order chi connectivity index (χ0) is 20.5. The van der Waals surface area contributed by atoms with Crippen LogP contribution < -0.4 is 25.0 Å². The van der Waals surface area contributed by atoms with E-state index in [-0.39, 0.29) is 12.5 Å². The minimum absolute atomic E-state index is 0.112. The summed E-state index contributed by atoms with van der Waals surface area (Å²) in [7, 11) is 0. The van der Waals surface area contributed by atoms with Gasteiger partial charge in [-0.3, -0.25) is 4.79 Å². The number of quaternary nitrogens is 1. The Morgan fingerprint density at radius 1 is 1.17 bits per heavy atom. The minimum Gasteiger partial charge on any atom is -0.492 e. The Morgan fingerprint density at radius 2 is 1.93 bits per heavy atom.